The van der Waals surface area contributed by atoms with E-state index in [2.05, 4.69) is 0 Å². The van der Waals surface area contributed by atoms with E-state index in [1.807, 2.05) is 12.1 Å². The van der Waals surface area contributed by atoms with Gasteiger partial charge in [-0.3, -0.25) is 0 Å². The molecule has 1 N–H and O–H groups in total. The fourth-order valence-corrected chi connectivity index (χ4v) is 3.47. The average molecular weight is 267 g/mol. The van der Waals surface area contributed by atoms with Crippen LogP contribution >= 0.6 is 11.6 Å². The highest BCUT2D eigenvalue weighted by Gasteiger charge is 2.26. The summed E-state index contributed by atoms with van der Waals surface area (Å²) in [6, 6.07) is 4.01. The van der Waals surface area contributed by atoms with Crippen LogP contribution in [0.4, 0.5) is 0 Å². The lowest BCUT2D eigenvalue weighted by Crippen LogP contribution is -2.26. The lowest BCUT2D eigenvalue weighted by atomic mass is 9.82. The second-order valence-electron chi connectivity index (χ2n) is 5.47. The molecule has 0 radical (unpaired) electrons. The van der Waals surface area contributed by atoms with E-state index < -0.39 is 0 Å². The Morgan fingerprint density at radius 3 is 2.94 bits per heavy atom. The van der Waals surface area contributed by atoms with Gasteiger partial charge in [0.2, 0.25) is 0 Å². The standard InChI is InChI=1S/C15H19ClO2/c16-13-8-11-5-6-18-15(11)12(9-13)7-10-3-1-2-4-14(10)17/h8-10,14,17H,1-7H2. The van der Waals surface area contributed by atoms with Crippen LogP contribution in [-0.4, -0.2) is 17.8 Å². The van der Waals surface area contributed by atoms with Crippen molar-refractivity contribution in [1.82, 2.24) is 0 Å². The monoisotopic (exact) mass is 266 g/mol. The summed E-state index contributed by atoms with van der Waals surface area (Å²) < 4.78 is 5.72. The normalized spacial score (nSPS) is 26.8. The summed E-state index contributed by atoms with van der Waals surface area (Å²) in [6.45, 7) is 0.760. The smallest absolute Gasteiger partial charge is 0.125 e. The molecule has 0 spiro atoms. The third-order valence-corrected chi connectivity index (χ3v) is 4.39. The summed E-state index contributed by atoms with van der Waals surface area (Å²) in [6.07, 6.45) is 6.12. The van der Waals surface area contributed by atoms with Crippen molar-refractivity contribution in [2.75, 3.05) is 6.61 Å². The zero-order valence-corrected chi connectivity index (χ0v) is 11.2. The topological polar surface area (TPSA) is 29.5 Å². The third kappa shape index (κ3) is 2.36. The summed E-state index contributed by atoms with van der Waals surface area (Å²) in [5.74, 6) is 1.39. The molecule has 3 rings (SSSR count). The highest BCUT2D eigenvalue weighted by atomic mass is 35.5. The van der Waals surface area contributed by atoms with Gasteiger partial charge in [-0.05, 0) is 48.4 Å². The molecular weight excluding hydrogens is 248 g/mol. The fraction of sp³-hybridized carbons (Fsp3) is 0.600. The quantitative estimate of drug-likeness (QED) is 0.889. The molecule has 1 heterocycles. The number of fused-ring (bicyclic) bond motifs is 1. The van der Waals surface area contributed by atoms with Crippen LogP contribution in [0.1, 0.15) is 36.8 Å². The Kier molecular flexibility index (Phi) is 3.49. The molecule has 0 amide bonds. The first kappa shape index (κ1) is 12.3. The lowest BCUT2D eigenvalue weighted by Gasteiger charge is -2.28. The minimum atomic E-state index is -0.158. The van der Waals surface area contributed by atoms with Crippen molar-refractivity contribution in [1.29, 1.82) is 0 Å². The minimum absolute atomic E-state index is 0.158. The zero-order chi connectivity index (χ0) is 12.5. The number of hydrogen-bond acceptors (Lipinski definition) is 2. The number of halogens is 1. The summed E-state index contributed by atoms with van der Waals surface area (Å²) >= 11 is 6.16. The highest BCUT2D eigenvalue weighted by molar-refractivity contribution is 6.30. The maximum atomic E-state index is 10.1. The third-order valence-electron chi connectivity index (χ3n) is 4.18. The largest absolute Gasteiger partial charge is 0.493 e. The van der Waals surface area contributed by atoms with Gasteiger partial charge >= 0.3 is 0 Å². The van der Waals surface area contributed by atoms with Crippen molar-refractivity contribution >= 4 is 11.6 Å². The Morgan fingerprint density at radius 2 is 2.11 bits per heavy atom. The molecule has 0 bridgehead atoms. The van der Waals surface area contributed by atoms with E-state index in [4.69, 9.17) is 16.3 Å². The first-order valence-electron chi connectivity index (χ1n) is 6.86. The summed E-state index contributed by atoms with van der Waals surface area (Å²) in [5.41, 5.74) is 2.41. The SMILES string of the molecule is OC1CCCCC1Cc1cc(Cl)cc2c1OCC2. The van der Waals surface area contributed by atoms with Crippen molar-refractivity contribution in [2.24, 2.45) is 5.92 Å². The summed E-state index contributed by atoms with van der Waals surface area (Å²) in [5, 5.41) is 10.9. The van der Waals surface area contributed by atoms with Crippen LogP contribution in [0.25, 0.3) is 0 Å². The van der Waals surface area contributed by atoms with E-state index in [0.717, 1.165) is 49.5 Å². The lowest BCUT2D eigenvalue weighted by molar-refractivity contribution is 0.0697. The summed E-state index contributed by atoms with van der Waals surface area (Å²) in [4.78, 5) is 0. The van der Waals surface area contributed by atoms with Crippen LogP contribution in [0, 0.1) is 5.92 Å². The Morgan fingerprint density at radius 1 is 1.28 bits per heavy atom. The van der Waals surface area contributed by atoms with E-state index >= 15 is 0 Å². The van der Waals surface area contributed by atoms with Crippen molar-refractivity contribution in [3.8, 4) is 5.75 Å². The predicted octanol–water partition coefficient (Wildman–Crippen LogP) is 3.37. The van der Waals surface area contributed by atoms with Crippen molar-refractivity contribution in [3.63, 3.8) is 0 Å². The van der Waals surface area contributed by atoms with Crippen LogP contribution in [0.5, 0.6) is 5.75 Å². The van der Waals surface area contributed by atoms with Crippen molar-refractivity contribution in [2.45, 2.75) is 44.6 Å². The van der Waals surface area contributed by atoms with Gasteiger partial charge in [-0.1, -0.05) is 24.4 Å². The van der Waals surface area contributed by atoms with Crippen LogP contribution < -0.4 is 4.74 Å². The molecule has 1 aliphatic carbocycles. The first-order valence-corrected chi connectivity index (χ1v) is 7.24. The number of aliphatic hydroxyl groups is 1. The van der Waals surface area contributed by atoms with E-state index in [1.165, 1.54) is 17.5 Å². The molecule has 2 nitrogen and oxygen atoms in total. The Hall–Kier alpha value is -0.730. The second-order valence-corrected chi connectivity index (χ2v) is 5.90. The fourth-order valence-electron chi connectivity index (χ4n) is 3.21. The van der Waals surface area contributed by atoms with Gasteiger partial charge in [0.15, 0.2) is 0 Å². The number of benzene rings is 1. The van der Waals surface area contributed by atoms with Gasteiger partial charge in [-0.15, -0.1) is 0 Å². The number of hydrogen-bond donors (Lipinski definition) is 1. The van der Waals surface area contributed by atoms with Gasteiger partial charge in [-0.25, -0.2) is 0 Å². The highest BCUT2D eigenvalue weighted by Crippen LogP contribution is 2.36. The molecule has 1 fully saturated rings. The van der Waals surface area contributed by atoms with Crippen LogP contribution in [0.15, 0.2) is 12.1 Å². The molecule has 1 aromatic carbocycles. The average Bonchev–Trinajstić information content (AvgIpc) is 2.80. The molecule has 18 heavy (non-hydrogen) atoms. The minimum Gasteiger partial charge on any atom is -0.493 e. The van der Waals surface area contributed by atoms with Gasteiger partial charge < -0.3 is 9.84 Å². The van der Waals surface area contributed by atoms with Gasteiger partial charge in [-0.2, -0.15) is 0 Å². The Labute approximate surface area is 113 Å². The maximum absolute atomic E-state index is 10.1. The van der Waals surface area contributed by atoms with Gasteiger partial charge in [0, 0.05) is 11.4 Å². The van der Waals surface area contributed by atoms with Crippen molar-refractivity contribution in [3.05, 3.63) is 28.3 Å². The van der Waals surface area contributed by atoms with Gasteiger partial charge in [0.25, 0.3) is 0 Å². The number of rotatable bonds is 2. The van der Waals surface area contributed by atoms with Crippen molar-refractivity contribution < 1.29 is 9.84 Å². The molecular formula is C15H19ClO2. The maximum Gasteiger partial charge on any atom is 0.125 e. The number of ether oxygens (including phenoxy) is 1. The zero-order valence-electron chi connectivity index (χ0n) is 10.5. The molecule has 0 saturated heterocycles. The number of aliphatic hydroxyl groups excluding tert-OH is 1. The second kappa shape index (κ2) is 5.10. The molecule has 2 unspecified atom stereocenters. The molecule has 1 saturated carbocycles. The molecule has 1 aliphatic heterocycles. The molecule has 2 aliphatic rings. The van der Waals surface area contributed by atoms with Crippen LogP contribution in [0.3, 0.4) is 0 Å². The van der Waals surface area contributed by atoms with Gasteiger partial charge in [0.05, 0.1) is 12.7 Å². The van der Waals surface area contributed by atoms with Gasteiger partial charge in [0.1, 0.15) is 5.75 Å². The van der Waals surface area contributed by atoms with Crippen LogP contribution in [0.2, 0.25) is 5.02 Å². The van der Waals surface area contributed by atoms with E-state index in [-0.39, 0.29) is 6.10 Å². The Balaban J connectivity index is 1.84. The molecule has 98 valence electrons. The first-order chi connectivity index (χ1) is 8.74. The predicted molar refractivity (Wildman–Crippen MR) is 72.3 cm³/mol. The van der Waals surface area contributed by atoms with E-state index in [1.54, 1.807) is 0 Å². The van der Waals surface area contributed by atoms with Crippen LogP contribution in [-0.2, 0) is 12.8 Å². The Bertz CT molecular complexity index is 444. The summed E-state index contributed by atoms with van der Waals surface area (Å²) in [7, 11) is 0. The molecule has 0 aromatic heterocycles. The van der Waals surface area contributed by atoms with E-state index in [0.29, 0.717) is 5.92 Å². The molecule has 3 heteroatoms. The molecule has 2 atom stereocenters. The van der Waals surface area contributed by atoms with E-state index in [9.17, 15) is 5.11 Å². The molecule has 1 aromatic rings.